The van der Waals surface area contributed by atoms with Crippen molar-refractivity contribution in [2.75, 3.05) is 6.54 Å². The van der Waals surface area contributed by atoms with Crippen molar-refractivity contribution in [3.05, 3.63) is 48.0 Å². The van der Waals surface area contributed by atoms with Gasteiger partial charge in [0.15, 0.2) is 5.54 Å². The summed E-state index contributed by atoms with van der Waals surface area (Å²) in [6, 6.07) is 9.38. The van der Waals surface area contributed by atoms with Crippen LogP contribution in [0, 0.1) is 5.41 Å². The maximum absolute atomic E-state index is 13.2. The molecular formula is C22H29NO4. The molecule has 1 saturated heterocycles. The van der Waals surface area contributed by atoms with Crippen molar-refractivity contribution in [1.29, 1.82) is 0 Å². The van der Waals surface area contributed by atoms with E-state index < -0.39 is 34.5 Å². The highest BCUT2D eigenvalue weighted by Gasteiger charge is 2.54. The monoisotopic (exact) mass is 371 g/mol. The van der Waals surface area contributed by atoms with Crippen LogP contribution < -0.4 is 0 Å². The standard InChI is InChI=1S/C22H29NO4/c1-5-14-22(20(26)27)17(16-11-8-7-9-12-16)13-10-15-23(22)19(25)18(24)21(3,4)6-2/h5,7-9,11-12,14,17H,6,10,13,15H2,1-4H3,(H,26,27)/b14-5+. The molecule has 1 amide bonds. The number of carboxylic acid groups (broad SMARTS) is 1. The molecule has 0 saturated carbocycles. The molecule has 1 aliphatic heterocycles. The number of piperidine rings is 1. The van der Waals surface area contributed by atoms with E-state index >= 15 is 0 Å². The highest BCUT2D eigenvalue weighted by atomic mass is 16.4. The number of carboxylic acids is 1. The van der Waals surface area contributed by atoms with E-state index in [2.05, 4.69) is 0 Å². The molecule has 0 aromatic heterocycles. The summed E-state index contributed by atoms with van der Waals surface area (Å²) in [6.45, 7) is 7.30. The lowest BCUT2D eigenvalue weighted by Gasteiger charge is -2.48. The summed E-state index contributed by atoms with van der Waals surface area (Å²) >= 11 is 0. The molecule has 0 bridgehead atoms. The zero-order chi connectivity index (χ0) is 20.2. The molecule has 27 heavy (non-hydrogen) atoms. The topological polar surface area (TPSA) is 74.7 Å². The number of aliphatic carboxylic acids is 1. The average molecular weight is 371 g/mol. The summed E-state index contributed by atoms with van der Waals surface area (Å²) in [7, 11) is 0. The molecule has 1 aliphatic rings. The predicted molar refractivity (Wildman–Crippen MR) is 104 cm³/mol. The Morgan fingerprint density at radius 1 is 1.26 bits per heavy atom. The van der Waals surface area contributed by atoms with E-state index in [4.69, 9.17) is 0 Å². The molecule has 2 rings (SSSR count). The van der Waals surface area contributed by atoms with E-state index in [0.29, 0.717) is 19.3 Å². The number of Topliss-reactive ketones (excluding diaryl/α,β-unsaturated/α-hetero) is 1. The number of ketones is 1. The third-order valence-corrected chi connectivity index (χ3v) is 5.76. The largest absolute Gasteiger partial charge is 0.479 e. The highest BCUT2D eigenvalue weighted by Crippen LogP contribution is 2.43. The van der Waals surface area contributed by atoms with Crippen molar-refractivity contribution >= 4 is 17.7 Å². The number of hydrogen-bond donors (Lipinski definition) is 1. The molecule has 1 heterocycles. The molecule has 1 aromatic rings. The Hall–Kier alpha value is -2.43. The number of benzene rings is 1. The predicted octanol–water partition coefficient (Wildman–Crippen LogP) is 3.80. The van der Waals surface area contributed by atoms with Crippen molar-refractivity contribution in [2.24, 2.45) is 5.41 Å². The van der Waals surface area contributed by atoms with Gasteiger partial charge in [0.25, 0.3) is 5.91 Å². The minimum absolute atomic E-state index is 0.254. The number of nitrogens with zero attached hydrogens (tertiary/aromatic N) is 1. The summed E-state index contributed by atoms with van der Waals surface area (Å²) in [5, 5.41) is 10.3. The highest BCUT2D eigenvalue weighted by molar-refractivity contribution is 6.38. The van der Waals surface area contributed by atoms with E-state index in [1.807, 2.05) is 37.3 Å². The molecule has 146 valence electrons. The van der Waals surface area contributed by atoms with Crippen LogP contribution in [-0.2, 0) is 14.4 Å². The minimum atomic E-state index is -1.56. The number of allylic oxidation sites excluding steroid dienone is 1. The fraction of sp³-hybridized carbons (Fsp3) is 0.500. The first-order chi connectivity index (χ1) is 12.7. The van der Waals surface area contributed by atoms with Crippen LogP contribution in [0.2, 0.25) is 0 Å². The van der Waals surface area contributed by atoms with Crippen molar-refractivity contribution in [3.63, 3.8) is 0 Å². The summed E-state index contributed by atoms with van der Waals surface area (Å²) < 4.78 is 0. The normalized spacial score (nSPS) is 23.4. The Morgan fingerprint density at radius 2 is 1.89 bits per heavy atom. The Morgan fingerprint density at radius 3 is 2.41 bits per heavy atom. The molecule has 1 N–H and O–H groups in total. The van der Waals surface area contributed by atoms with E-state index in [1.165, 1.54) is 4.90 Å². The third kappa shape index (κ3) is 3.68. The molecule has 1 aromatic carbocycles. The van der Waals surface area contributed by atoms with Crippen molar-refractivity contribution in [2.45, 2.75) is 58.4 Å². The second kappa shape index (κ2) is 8.07. The van der Waals surface area contributed by atoms with E-state index in [9.17, 15) is 19.5 Å². The molecule has 0 spiro atoms. The van der Waals surface area contributed by atoms with E-state index in [1.54, 1.807) is 32.9 Å². The lowest BCUT2D eigenvalue weighted by molar-refractivity contribution is -0.164. The van der Waals surface area contributed by atoms with Crippen molar-refractivity contribution in [1.82, 2.24) is 4.90 Å². The summed E-state index contributed by atoms with van der Waals surface area (Å²) in [5.41, 5.74) is -1.53. The van der Waals surface area contributed by atoms with Gasteiger partial charge in [-0.25, -0.2) is 4.79 Å². The molecule has 0 aliphatic carbocycles. The van der Waals surface area contributed by atoms with Gasteiger partial charge in [0, 0.05) is 17.9 Å². The summed E-state index contributed by atoms with van der Waals surface area (Å²) in [5.74, 6) is -2.76. The Labute approximate surface area is 161 Å². The molecule has 5 heteroatoms. The van der Waals surface area contributed by atoms with E-state index in [-0.39, 0.29) is 6.54 Å². The van der Waals surface area contributed by atoms with Crippen LogP contribution in [0.25, 0.3) is 0 Å². The maximum atomic E-state index is 13.2. The first-order valence-corrected chi connectivity index (χ1v) is 9.51. The number of likely N-dealkylation sites (tertiary alicyclic amines) is 1. The van der Waals surface area contributed by atoms with Crippen LogP contribution in [0.4, 0.5) is 0 Å². The minimum Gasteiger partial charge on any atom is -0.479 e. The molecule has 2 unspecified atom stereocenters. The van der Waals surface area contributed by atoms with Crippen LogP contribution in [0.1, 0.15) is 58.4 Å². The number of carbonyl (C=O) groups is 3. The van der Waals surface area contributed by atoms with Gasteiger partial charge in [-0.3, -0.25) is 9.59 Å². The zero-order valence-electron chi connectivity index (χ0n) is 16.6. The van der Waals surface area contributed by atoms with Gasteiger partial charge in [0.05, 0.1) is 0 Å². The molecule has 2 atom stereocenters. The third-order valence-electron chi connectivity index (χ3n) is 5.76. The van der Waals surface area contributed by atoms with Crippen LogP contribution in [-0.4, -0.2) is 39.7 Å². The van der Waals surface area contributed by atoms with Gasteiger partial charge < -0.3 is 10.0 Å². The van der Waals surface area contributed by atoms with Gasteiger partial charge in [-0.2, -0.15) is 0 Å². The number of carbonyl (C=O) groups excluding carboxylic acids is 2. The number of amides is 1. The first kappa shape index (κ1) is 20.9. The number of hydrogen-bond acceptors (Lipinski definition) is 3. The van der Waals surface area contributed by atoms with Gasteiger partial charge in [0.2, 0.25) is 5.78 Å². The second-order valence-corrected chi connectivity index (χ2v) is 7.76. The Balaban J connectivity index is 2.60. The van der Waals surface area contributed by atoms with Crippen molar-refractivity contribution < 1.29 is 19.5 Å². The van der Waals surface area contributed by atoms with Gasteiger partial charge in [-0.15, -0.1) is 0 Å². The van der Waals surface area contributed by atoms with Crippen LogP contribution >= 0.6 is 0 Å². The van der Waals surface area contributed by atoms with E-state index in [0.717, 1.165) is 5.56 Å². The Kier molecular flexibility index (Phi) is 6.24. The second-order valence-electron chi connectivity index (χ2n) is 7.76. The first-order valence-electron chi connectivity index (χ1n) is 9.51. The van der Waals surface area contributed by atoms with Crippen molar-refractivity contribution in [3.8, 4) is 0 Å². The van der Waals surface area contributed by atoms with Gasteiger partial charge in [0.1, 0.15) is 0 Å². The lowest BCUT2D eigenvalue weighted by atomic mass is 9.71. The van der Waals surface area contributed by atoms with Gasteiger partial charge >= 0.3 is 5.97 Å². The number of rotatable bonds is 6. The SMILES string of the molecule is C/C=C/C1(C(=O)O)C(c2ccccc2)CCCN1C(=O)C(=O)C(C)(C)CC. The van der Waals surface area contributed by atoms with Crippen LogP contribution in [0.3, 0.4) is 0 Å². The maximum Gasteiger partial charge on any atom is 0.334 e. The quantitative estimate of drug-likeness (QED) is 0.610. The van der Waals surface area contributed by atoms with Crippen LogP contribution in [0.5, 0.6) is 0 Å². The molecular weight excluding hydrogens is 342 g/mol. The molecule has 5 nitrogen and oxygen atoms in total. The van der Waals surface area contributed by atoms with Gasteiger partial charge in [-0.1, -0.05) is 63.3 Å². The fourth-order valence-electron chi connectivity index (χ4n) is 3.79. The lowest BCUT2D eigenvalue weighted by Crippen LogP contribution is -2.64. The average Bonchev–Trinajstić information content (AvgIpc) is 2.67. The smallest absolute Gasteiger partial charge is 0.334 e. The zero-order valence-corrected chi connectivity index (χ0v) is 16.6. The molecule has 0 radical (unpaired) electrons. The summed E-state index contributed by atoms with van der Waals surface area (Å²) in [6.07, 6.45) is 5.02. The Bertz CT molecular complexity index is 738. The summed E-state index contributed by atoms with van der Waals surface area (Å²) in [4.78, 5) is 39.8. The van der Waals surface area contributed by atoms with Gasteiger partial charge in [-0.05, 0) is 31.7 Å². The fourth-order valence-corrected chi connectivity index (χ4v) is 3.79. The van der Waals surface area contributed by atoms with Crippen LogP contribution in [0.15, 0.2) is 42.5 Å². The molecule has 1 fully saturated rings.